The molecule has 2 N–H and O–H groups in total. The van der Waals surface area contributed by atoms with Crippen LogP contribution in [0.4, 0.5) is 11.8 Å². The molecule has 1 saturated heterocycles. The number of hydrogen-bond acceptors (Lipinski definition) is 7. The molecule has 180 valence electrons. The van der Waals surface area contributed by atoms with E-state index < -0.39 is 0 Å². The van der Waals surface area contributed by atoms with Crippen molar-refractivity contribution in [3.63, 3.8) is 0 Å². The second-order valence-electron chi connectivity index (χ2n) is 10.2. The van der Waals surface area contributed by atoms with E-state index in [0.717, 1.165) is 68.1 Å². The fraction of sp³-hybridized carbons (Fsp3) is 0.538. The zero-order chi connectivity index (χ0) is 23.4. The van der Waals surface area contributed by atoms with Gasteiger partial charge in [0.05, 0.1) is 13.2 Å². The molecule has 1 aliphatic carbocycles. The molecule has 0 atom stereocenters. The second-order valence-corrected chi connectivity index (χ2v) is 10.5. The van der Waals surface area contributed by atoms with E-state index in [1.807, 2.05) is 30.6 Å². The van der Waals surface area contributed by atoms with Crippen molar-refractivity contribution in [1.82, 2.24) is 19.9 Å². The van der Waals surface area contributed by atoms with E-state index in [4.69, 9.17) is 16.3 Å². The Hall–Kier alpha value is -2.51. The number of nitrogens with one attached hydrogen (secondary N) is 2. The highest BCUT2D eigenvalue weighted by Gasteiger charge is 2.32. The van der Waals surface area contributed by atoms with Crippen LogP contribution in [0.2, 0.25) is 5.15 Å². The Morgan fingerprint density at radius 2 is 1.85 bits per heavy atom. The Bertz CT molecular complexity index is 1100. The molecule has 0 bridgehead atoms. The topological polar surface area (TPSA) is 84.9 Å². The first kappa shape index (κ1) is 23.2. The highest BCUT2D eigenvalue weighted by atomic mass is 35.5. The maximum Gasteiger partial charge on any atom is 0.222 e. The lowest BCUT2D eigenvalue weighted by Crippen LogP contribution is -2.39. The average Bonchev–Trinajstić information content (AvgIpc) is 2.84. The summed E-state index contributed by atoms with van der Waals surface area (Å²) in [5, 5.41) is 8.48. The summed E-state index contributed by atoms with van der Waals surface area (Å²) in [4.78, 5) is 17.9. The van der Waals surface area contributed by atoms with Gasteiger partial charge in [0.25, 0.3) is 0 Å². The predicted molar refractivity (Wildman–Crippen MR) is 136 cm³/mol. The van der Waals surface area contributed by atoms with E-state index in [1.165, 1.54) is 24.8 Å². The van der Waals surface area contributed by atoms with Gasteiger partial charge in [0.2, 0.25) is 5.95 Å². The maximum absolute atomic E-state index is 6.21. The molecule has 5 rings (SSSR count). The average molecular weight is 481 g/mol. The third kappa shape index (κ3) is 5.76. The summed E-state index contributed by atoms with van der Waals surface area (Å²) < 4.78 is 5.34. The first-order valence-corrected chi connectivity index (χ1v) is 12.7. The van der Waals surface area contributed by atoms with Crippen LogP contribution in [0.15, 0.2) is 36.8 Å². The monoisotopic (exact) mass is 480 g/mol. The van der Waals surface area contributed by atoms with Crippen molar-refractivity contribution < 1.29 is 4.74 Å². The number of halogens is 1. The number of fused-ring (bicyclic) bond motifs is 1. The molecule has 0 unspecified atom stereocenters. The van der Waals surface area contributed by atoms with Crippen LogP contribution in [0.1, 0.15) is 51.0 Å². The van der Waals surface area contributed by atoms with Gasteiger partial charge in [-0.05, 0) is 74.6 Å². The van der Waals surface area contributed by atoms with Gasteiger partial charge in [0.1, 0.15) is 11.3 Å². The van der Waals surface area contributed by atoms with E-state index in [-0.39, 0.29) is 0 Å². The Kier molecular flexibility index (Phi) is 7.11. The lowest BCUT2D eigenvalue weighted by atomic mass is 9.83. The van der Waals surface area contributed by atoms with Gasteiger partial charge in [0, 0.05) is 42.0 Å². The number of aromatic nitrogens is 4. The molecular weight excluding hydrogens is 448 g/mol. The quantitative estimate of drug-likeness (QED) is 0.390. The molecule has 2 fully saturated rings. The fourth-order valence-corrected chi connectivity index (χ4v) is 5.15. The Labute approximate surface area is 206 Å². The van der Waals surface area contributed by atoms with Crippen molar-refractivity contribution in [3.05, 3.63) is 47.5 Å². The SMILES string of the molecule is CC1(CCCc2cnc(NCC3CCC(Nc4ccc5ccnc(Cl)c5n4)CC3)nc2)COC1. The zero-order valence-electron chi connectivity index (χ0n) is 19.8. The van der Waals surface area contributed by atoms with Crippen LogP contribution < -0.4 is 10.6 Å². The normalized spacial score (nSPS) is 21.7. The molecule has 0 spiro atoms. The minimum absolute atomic E-state index is 0.383. The van der Waals surface area contributed by atoms with E-state index in [0.29, 0.717) is 22.5 Å². The highest BCUT2D eigenvalue weighted by molar-refractivity contribution is 6.33. The van der Waals surface area contributed by atoms with Gasteiger partial charge in [-0.25, -0.2) is 19.9 Å². The number of aryl methyl sites for hydroxylation is 1. The lowest BCUT2D eigenvalue weighted by molar-refractivity contribution is -0.106. The smallest absolute Gasteiger partial charge is 0.222 e. The van der Waals surface area contributed by atoms with Gasteiger partial charge in [-0.3, -0.25) is 0 Å². The summed E-state index contributed by atoms with van der Waals surface area (Å²) in [6.45, 7) is 5.02. The second kappa shape index (κ2) is 10.4. The van der Waals surface area contributed by atoms with Crippen molar-refractivity contribution in [3.8, 4) is 0 Å². The Balaban J connectivity index is 1.03. The van der Waals surface area contributed by atoms with Crippen molar-refractivity contribution in [2.75, 3.05) is 30.4 Å². The number of ether oxygens (including phenoxy) is 1. The molecule has 0 amide bonds. The van der Waals surface area contributed by atoms with Crippen molar-refractivity contribution >= 4 is 34.3 Å². The Morgan fingerprint density at radius 3 is 2.59 bits per heavy atom. The van der Waals surface area contributed by atoms with Gasteiger partial charge in [-0.15, -0.1) is 0 Å². The summed E-state index contributed by atoms with van der Waals surface area (Å²) in [5.41, 5.74) is 2.34. The largest absolute Gasteiger partial charge is 0.380 e. The van der Waals surface area contributed by atoms with Gasteiger partial charge in [-0.2, -0.15) is 0 Å². The van der Waals surface area contributed by atoms with Gasteiger partial charge in [-0.1, -0.05) is 18.5 Å². The zero-order valence-corrected chi connectivity index (χ0v) is 20.5. The fourth-order valence-electron chi connectivity index (χ4n) is 4.94. The lowest BCUT2D eigenvalue weighted by Gasteiger charge is -2.38. The molecular formula is C26H33ClN6O. The third-order valence-corrected chi connectivity index (χ3v) is 7.44. The number of nitrogens with zero attached hydrogens (tertiary/aromatic N) is 4. The first-order chi connectivity index (χ1) is 16.6. The Morgan fingerprint density at radius 1 is 1.06 bits per heavy atom. The molecule has 8 heteroatoms. The van der Waals surface area contributed by atoms with E-state index in [2.05, 4.69) is 37.5 Å². The molecule has 3 aromatic rings. The minimum atomic E-state index is 0.383. The van der Waals surface area contributed by atoms with Crippen molar-refractivity contribution in [2.45, 2.75) is 57.9 Å². The molecule has 0 aromatic carbocycles. The third-order valence-electron chi connectivity index (χ3n) is 7.16. The standard InChI is InChI=1S/C26H33ClN6O/c1-26(16-34-17-26)11-2-3-19-14-30-25(31-15-19)29-13-18-4-7-21(8-5-18)32-22-9-6-20-10-12-28-24(27)23(20)33-22/h6,9-10,12,14-15,18,21H,2-5,7-8,11,13,16-17H2,1H3,(H,32,33)(H,29,30,31). The minimum Gasteiger partial charge on any atom is -0.380 e. The maximum atomic E-state index is 6.21. The predicted octanol–water partition coefficient (Wildman–Crippen LogP) is 5.52. The number of rotatable bonds is 9. The van der Waals surface area contributed by atoms with Crippen LogP contribution in [0, 0.1) is 11.3 Å². The van der Waals surface area contributed by atoms with Crippen molar-refractivity contribution in [2.24, 2.45) is 11.3 Å². The number of anilines is 2. The molecule has 3 aromatic heterocycles. The number of hydrogen-bond donors (Lipinski definition) is 2. The van der Waals surface area contributed by atoms with E-state index in [1.54, 1.807) is 6.20 Å². The highest BCUT2D eigenvalue weighted by Crippen LogP contribution is 2.32. The summed E-state index contributed by atoms with van der Waals surface area (Å²) in [7, 11) is 0. The molecule has 0 radical (unpaired) electrons. The van der Waals surface area contributed by atoms with Gasteiger partial charge < -0.3 is 15.4 Å². The molecule has 34 heavy (non-hydrogen) atoms. The van der Waals surface area contributed by atoms with Crippen LogP contribution in [0.25, 0.3) is 10.9 Å². The van der Waals surface area contributed by atoms with Gasteiger partial charge in [0.15, 0.2) is 5.15 Å². The molecule has 1 aliphatic heterocycles. The van der Waals surface area contributed by atoms with Crippen molar-refractivity contribution in [1.29, 1.82) is 0 Å². The summed E-state index contributed by atoms with van der Waals surface area (Å²) >= 11 is 6.21. The molecule has 1 saturated carbocycles. The first-order valence-electron chi connectivity index (χ1n) is 12.4. The summed E-state index contributed by atoms with van der Waals surface area (Å²) in [6, 6.07) is 6.43. The van der Waals surface area contributed by atoms with Crippen LogP contribution >= 0.6 is 11.6 Å². The molecule has 4 heterocycles. The molecule has 7 nitrogen and oxygen atoms in total. The van der Waals surface area contributed by atoms with E-state index in [9.17, 15) is 0 Å². The molecule has 2 aliphatic rings. The summed E-state index contributed by atoms with van der Waals surface area (Å²) in [5.74, 6) is 2.23. The van der Waals surface area contributed by atoms with Crippen LogP contribution in [0.3, 0.4) is 0 Å². The summed E-state index contributed by atoms with van der Waals surface area (Å²) in [6.07, 6.45) is 13.6. The van der Waals surface area contributed by atoms with Gasteiger partial charge >= 0.3 is 0 Å². The van der Waals surface area contributed by atoms with Crippen LogP contribution in [0.5, 0.6) is 0 Å². The number of pyridine rings is 2. The van der Waals surface area contributed by atoms with Crippen LogP contribution in [-0.2, 0) is 11.2 Å². The van der Waals surface area contributed by atoms with E-state index >= 15 is 0 Å². The van der Waals surface area contributed by atoms with Crippen LogP contribution in [-0.4, -0.2) is 45.7 Å².